The molecule has 2 atom stereocenters. The summed E-state index contributed by atoms with van der Waals surface area (Å²) in [6, 6.07) is 8.34. The lowest BCUT2D eigenvalue weighted by molar-refractivity contribution is 0.247. The highest BCUT2D eigenvalue weighted by Crippen LogP contribution is 2.40. The molecule has 0 saturated carbocycles. The minimum absolute atomic E-state index is 0.0122. The lowest BCUT2D eigenvalue weighted by Gasteiger charge is -2.28. The van der Waals surface area contributed by atoms with Crippen molar-refractivity contribution in [1.29, 1.82) is 0 Å². The van der Waals surface area contributed by atoms with E-state index in [9.17, 15) is 5.11 Å². The van der Waals surface area contributed by atoms with Crippen LogP contribution in [0.1, 0.15) is 48.1 Å². The molecular formula is C19H26N4OS. The Kier molecular flexibility index (Phi) is 5.39. The number of nitrogens with one attached hydrogen (secondary N) is 1. The van der Waals surface area contributed by atoms with Gasteiger partial charge in [0.1, 0.15) is 0 Å². The zero-order chi connectivity index (χ0) is 18.0. The number of aromatic nitrogens is 2. The molecule has 1 aliphatic rings. The first-order valence-electron chi connectivity index (χ1n) is 8.84. The predicted octanol–water partition coefficient (Wildman–Crippen LogP) is 2.87. The van der Waals surface area contributed by atoms with Crippen LogP contribution in [0.25, 0.3) is 0 Å². The number of hydrogen-bond acceptors (Lipinski definition) is 3. The van der Waals surface area contributed by atoms with E-state index in [0.717, 1.165) is 23.9 Å². The van der Waals surface area contributed by atoms with E-state index in [2.05, 4.69) is 46.6 Å². The topological polar surface area (TPSA) is 53.3 Å². The molecule has 0 radical (unpaired) electrons. The predicted molar refractivity (Wildman–Crippen MR) is 103 cm³/mol. The highest BCUT2D eigenvalue weighted by Gasteiger charge is 2.40. The first kappa shape index (κ1) is 17.9. The van der Waals surface area contributed by atoms with Gasteiger partial charge in [0.2, 0.25) is 0 Å². The lowest BCUT2D eigenvalue weighted by Crippen LogP contribution is -2.31. The van der Waals surface area contributed by atoms with E-state index in [1.165, 1.54) is 17.0 Å². The quantitative estimate of drug-likeness (QED) is 0.778. The van der Waals surface area contributed by atoms with Crippen molar-refractivity contribution >= 4 is 17.3 Å². The summed E-state index contributed by atoms with van der Waals surface area (Å²) in [7, 11) is 0. The molecular weight excluding hydrogens is 332 g/mol. The zero-order valence-corrected chi connectivity index (χ0v) is 15.9. The summed E-state index contributed by atoms with van der Waals surface area (Å²) in [6.45, 7) is 8.33. The molecule has 2 aromatic heterocycles. The molecule has 1 saturated heterocycles. The molecule has 3 heterocycles. The van der Waals surface area contributed by atoms with Crippen LogP contribution in [0.2, 0.25) is 0 Å². The zero-order valence-electron chi connectivity index (χ0n) is 15.1. The molecule has 6 heteroatoms. The minimum atomic E-state index is 0.0122. The summed E-state index contributed by atoms with van der Waals surface area (Å²) in [5.41, 5.74) is 4.80. The number of aryl methyl sites for hydroxylation is 1. The smallest absolute Gasteiger partial charge is 0.170 e. The number of rotatable bonds is 6. The van der Waals surface area contributed by atoms with Gasteiger partial charge in [-0.2, -0.15) is 0 Å². The largest absolute Gasteiger partial charge is 0.396 e. The van der Waals surface area contributed by atoms with E-state index >= 15 is 0 Å². The maximum atomic E-state index is 9.29. The molecule has 0 aromatic carbocycles. The highest BCUT2D eigenvalue weighted by atomic mass is 32.1. The van der Waals surface area contributed by atoms with Gasteiger partial charge in [0.25, 0.3) is 0 Å². The number of aliphatic hydroxyl groups is 1. The van der Waals surface area contributed by atoms with E-state index in [-0.39, 0.29) is 18.7 Å². The first-order valence-corrected chi connectivity index (χ1v) is 9.24. The van der Waals surface area contributed by atoms with Crippen LogP contribution in [0.4, 0.5) is 0 Å². The van der Waals surface area contributed by atoms with Crippen molar-refractivity contribution in [2.24, 2.45) is 0 Å². The van der Waals surface area contributed by atoms with E-state index < -0.39 is 0 Å². The summed E-state index contributed by atoms with van der Waals surface area (Å²) in [5, 5.41) is 13.5. The molecule has 0 amide bonds. The third-order valence-electron chi connectivity index (χ3n) is 5.00. The van der Waals surface area contributed by atoms with Crippen LogP contribution in [0.15, 0.2) is 30.5 Å². The third-order valence-corrected chi connectivity index (χ3v) is 5.35. The van der Waals surface area contributed by atoms with E-state index in [0.29, 0.717) is 6.42 Å². The summed E-state index contributed by atoms with van der Waals surface area (Å²) >= 11 is 5.62. The summed E-state index contributed by atoms with van der Waals surface area (Å²) in [4.78, 5) is 6.76. The van der Waals surface area contributed by atoms with Gasteiger partial charge in [-0.1, -0.05) is 6.07 Å². The van der Waals surface area contributed by atoms with Crippen LogP contribution in [-0.4, -0.2) is 37.8 Å². The number of nitrogens with zero attached hydrogens (tertiary/aromatic N) is 3. The van der Waals surface area contributed by atoms with Crippen LogP contribution >= 0.6 is 12.2 Å². The number of pyridine rings is 1. The van der Waals surface area contributed by atoms with Gasteiger partial charge in [0.05, 0.1) is 17.8 Å². The van der Waals surface area contributed by atoms with E-state index in [1.807, 2.05) is 24.4 Å². The number of aliphatic hydroxyl groups excluding tert-OH is 1. The fourth-order valence-electron chi connectivity index (χ4n) is 3.84. The lowest BCUT2D eigenvalue weighted by atomic mass is 9.96. The Morgan fingerprint density at radius 2 is 2.12 bits per heavy atom. The average molecular weight is 359 g/mol. The third kappa shape index (κ3) is 3.28. The van der Waals surface area contributed by atoms with Crippen molar-refractivity contribution in [3.8, 4) is 0 Å². The Balaban J connectivity index is 2.06. The van der Waals surface area contributed by atoms with Gasteiger partial charge in [-0.05, 0) is 63.2 Å². The minimum Gasteiger partial charge on any atom is -0.396 e. The van der Waals surface area contributed by atoms with Gasteiger partial charge in [0.15, 0.2) is 5.11 Å². The van der Waals surface area contributed by atoms with E-state index in [4.69, 9.17) is 12.2 Å². The molecule has 0 spiro atoms. The SMILES string of the molecule is CCn1c(C)cc([C@H]2[C@@H](c3ccccn3)NC(=S)N2CCCO)c1C. The summed E-state index contributed by atoms with van der Waals surface area (Å²) < 4.78 is 2.33. The summed E-state index contributed by atoms with van der Waals surface area (Å²) in [6.07, 6.45) is 2.52. The summed E-state index contributed by atoms with van der Waals surface area (Å²) in [5.74, 6) is 0. The Bertz CT molecular complexity index is 743. The standard InChI is InChI=1S/C19H26N4OS/c1-4-22-13(2)12-15(14(22)3)18-17(16-8-5-6-9-20-16)21-19(25)23(18)10-7-11-24/h5-6,8-9,12,17-18,24H,4,7,10-11H2,1-3H3,(H,21,25)/t17-,18+/m1/s1. The molecule has 0 bridgehead atoms. The van der Waals surface area contributed by atoms with Crippen molar-refractivity contribution in [3.63, 3.8) is 0 Å². The second kappa shape index (κ2) is 7.54. The first-order chi connectivity index (χ1) is 12.1. The number of thiocarbonyl (C=S) groups is 1. The highest BCUT2D eigenvalue weighted by molar-refractivity contribution is 7.80. The molecule has 1 fully saturated rings. The van der Waals surface area contributed by atoms with Crippen molar-refractivity contribution in [2.45, 2.75) is 45.8 Å². The second-order valence-corrected chi connectivity index (χ2v) is 6.85. The van der Waals surface area contributed by atoms with Crippen LogP contribution in [-0.2, 0) is 6.54 Å². The molecule has 5 nitrogen and oxygen atoms in total. The molecule has 0 unspecified atom stereocenters. The molecule has 134 valence electrons. The van der Waals surface area contributed by atoms with Crippen LogP contribution in [0, 0.1) is 13.8 Å². The molecule has 3 rings (SSSR count). The molecule has 1 aliphatic heterocycles. The van der Waals surface area contributed by atoms with Crippen molar-refractivity contribution in [1.82, 2.24) is 19.8 Å². The van der Waals surface area contributed by atoms with Crippen LogP contribution < -0.4 is 5.32 Å². The molecule has 2 N–H and O–H groups in total. The van der Waals surface area contributed by atoms with Gasteiger partial charge >= 0.3 is 0 Å². The fourth-order valence-corrected chi connectivity index (χ4v) is 4.17. The number of hydrogen-bond donors (Lipinski definition) is 2. The maximum absolute atomic E-state index is 9.29. The Labute approximate surface area is 154 Å². The van der Waals surface area contributed by atoms with Gasteiger partial charge in [-0.3, -0.25) is 4.98 Å². The van der Waals surface area contributed by atoms with Crippen molar-refractivity contribution in [2.75, 3.05) is 13.2 Å². The van der Waals surface area contributed by atoms with Gasteiger partial charge in [0, 0.05) is 37.3 Å². The molecule has 25 heavy (non-hydrogen) atoms. The molecule has 2 aromatic rings. The Morgan fingerprint density at radius 1 is 1.32 bits per heavy atom. The second-order valence-electron chi connectivity index (χ2n) is 6.47. The molecule has 0 aliphatic carbocycles. The Hall–Kier alpha value is -1.92. The average Bonchev–Trinajstić information content (AvgIpc) is 3.09. The van der Waals surface area contributed by atoms with Crippen molar-refractivity contribution < 1.29 is 5.11 Å². The fraction of sp³-hybridized carbons (Fsp3) is 0.474. The van der Waals surface area contributed by atoms with Gasteiger partial charge in [-0.25, -0.2) is 0 Å². The van der Waals surface area contributed by atoms with Gasteiger partial charge < -0.3 is 19.9 Å². The normalized spacial score (nSPS) is 20.2. The Morgan fingerprint density at radius 3 is 2.72 bits per heavy atom. The van der Waals surface area contributed by atoms with E-state index in [1.54, 1.807) is 0 Å². The monoisotopic (exact) mass is 358 g/mol. The van der Waals surface area contributed by atoms with Gasteiger partial charge in [-0.15, -0.1) is 0 Å². The van der Waals surface area contributed by atoms with Crippen LogP contribution in [0.3, 0.4) is 0 Å². The maximum Gasteiger partial charge on any atom is 0.170 e. The van der Waals surface area contributed by atoms with Crippen LogP contribution in [0.5, 0.6) is 0 Å². The van der Waals surface area contributed by atoms with Crippen molar-refractivity contribution in [3.05, 3.63) is 53.1 Å².